The van der Waals surface area contributed by atoms with E-state index in [0.717, 1.165) is 22.3 Å². The number of nitrogens with zero attached hydrogens (tertiary/aromatic N) is 2. The van der Waals surface area contributed by atoms with Gasteiger partial charge in [-0.2, -0.15) is 0 Å². The zero-order valence-electron chi connectivity index (χ0n) is 8.73. The second kappa shape index (κ2) is 4.06. The van der Waals surface area contributed by atoms with Crippen molar-refractivity contribution in [1.29, 1.82) is 0 Å². The van der Waals surface area contributed by atoms with E-state index in [1.165, 1.54) is 0 Å². The van der Waals surface area contributed by atoms with Crippen molar-refractivity contribution < 1.29 is 4.79 Å². The largest absolute Gasteiger partial charge is 0.299 e. The van der Waals surface area contributed by atoms with Gasteiger partial charge >= 0.3 is 0 Å². The predicted molar refractivity (Wildman–Crippen MR) is 61.1 cm³/mol. The first kappa shape index (κ1) is 10.2. The van der Waals surface area contributed by atoms with Crippen molar-refractivity contribution in [3.63, 3.8) is 0 Å². The van der Waals surface area contributed by atoms with Crippen LogP contribution in [-0.2, 0) is 4.79 Å². The van der Waals surface area contributed by atoms with E-state index < -0.39 is 0 Å². The Morgan fingerprint density at radius 1 is 1.53 bits per heavy atom. The fraction of sp³-hybridized carbons (Fsp3) is 0.364. The first-order valence-electron chi connectivity index (χ1n) is 4.92. The van der Waals surface area contributed by atoms with Gasteiger partial charge in [0.2, 0.25) is 0 Å². The van der Waals surface area contributed by atoms with Crippen molar-refractivity contribution >= 4 is 27.3 Å². The average Bonchev–Trinajstić information content (AvgIpc) is 2.66. The smallest absolute Gasteiger partial charge is 0.138 e. The van der Waals surface area contributed by atoms with E-state index in [1.54, 1.807) is 24.6 Å². The number of fused-ring (bicyclic) bond motifs is 1. The van der Waals surface area contributed by atoms with Gasteiger partial charge in [-0.1, -0.05) is 6.92 Å². The highest BCUT2D eigenvalue weighted by Gasteiger charge is 2.19. The Bertz CT molecular complexity index is 492. The van der Waals surface area contributed by atoms with Gasteiger partial charge in [-0.15, -0.1) is 11.3 Å². The number of carbonyl (C=O) groups excluding carboxylic acids is 1. The van der Waals surface area contributed by atoms with Crippen molar-refractivity contribution in [3.8, 4) is 0 Å². The van der Waals surface area contributed by atoms with Crippen LogP contribution in [0, 0.1) is 0 Å². The van der Waals surface area contributed by atoms with Crippen LogP contribution < -0.4 is 0 Å². The maximum Gasteiger partial charge on any atom is 0.138 e. The summed E-state index contributed by atoms with van der Waals surface area (Å²) in [4.78, 5) is 20.9. The van der Waals surface area contributed by atoms with E-state index >= 15 is 0 Å². The summed E-state index contributed by atoms with van der Waals surface area (Å²) in [7, 11) is 0. The van der Waals surface area contributed by atoms with Crippen LogP contribution in [0.5, 0.6) is 0 Å². The molecule has 2 rings (SSSR count). The molecule has 0 aromatic carbocycles. The summed E-state index contributed by atoms with van der Waals surface area (Å²) in [5.41, 5.74) is 0.872. The summed E-state index contributed by atoms with van der Waals surface area (Å²) in [5.74, 6) is 0.0776. The Hall–Kier alpha value is -1.29. The third-order valence-electron chi connectivity index (χ3n) is 2.52. The molecule has 0 amide bonds. The molecule has 0 aliphatic rings. The van der Waals surface area contributed by atoms with E-state index in [-0.39, 0.29) is 11.7 Å². The molecular weight excluding hydrogens is 208 g/mol. The van der Waals surface area contributed by atoms with E-state index in [4.69, 9.17) is 0 Å². The van der Waals surface area contributed by atoms with Crippen LogP contribution in [0.25, 0.3) is 10.2 Å². The minimum Gasteiger partial charge on any atom is -0.299 e. The molecule has 15 heavy (non-hydrogen) atoms. The number of carbonyl (C=O) groups is 1. The van der Waals surface area contributed by atoms with Gasteiger partial charge in [0, 0.05) is 5.39 Å². The molecule has 0 saturated heterocycles. The van der Waals surface area contributed by atoms with Gasteiger partial charge in [0.05, 0.1) is 11.6 Å². The van der Waals surface area contributed by atoms with Crippen LogP contribution in [0.2, 0.25) is 0 Å². The Morgan fingerprint density at radius 2 is 2.33 bits per heavy atom. The van der Waals surface area contributed by atoms with Gasteiger partial charge in [-0.05, 0) is 24.8 Å². The molecule has 0 bridgehead atoms. The minimum absolute atomic E-state index is 0.0925. The number of aromatic nitrogens is 2. The minimum atomic E-state index is -0.0925. The first-order chi connectivity index (χ1) is 7.24. The lowest BCUT2D eigenvalue weighted by Gasteiger charge is -2.10. The van der Waals surface area contributed by atoms with E-state index in [1.807, 2.05) is 18.4 Å². The molecule has 3 nitrogen and oxygen atoms in total. The van der Waals surface area contributed by atoms with Crippen molar-refractivity contribution in [3.05, 3.63) is 23.5 Å². The zero-order valence-corrected chi connectivity index (χ0v) is 9.54. The molecule has 2 aromatic rings. The number of hydrogen-bond donors (Lipinski definition) is 0. The summed E-state index contributed by atoms with van der Waals surface area (Å²) in [6, 6.07) is 1.99. The van der Waals surface area contributed by atoms with E-state index in [9.17, 15) is 4.79 Å². The van der Waals surface area contributed by atoms with Crippen molar-refractivity contribution in [2.24, 2.45) is 0 Å². The summed E-state index contributed by atoms with van der Waals surface area (Å²) in [6.45, 7) is 3.63. The summed E-state index contributed by atoms with van der Waals surface area (Å²) < 4.78 is 0. The molecule has 78 valence electrons. The van der Waals surface area contributed by atoms with Gasteiger partial charge in [-0.25, -0.2) is 9.97 Å². The monoisotopic (exact) mass is 220 g/mol. The lowest BCUT2D eigenvalue weighted by Crippen LogP contribution is -2.09. The molecule has 0 spiro atoms. The van der Waals surface area contributed by atoms with Crippen LogP contribution in [0.3, 0.4) is 0 Å². The molecule has 1 unspecified atom stereocenters. The van der Waals surface area contributed by atoms with Crippen LogP contribution in [0.15, 0.2) is 17.8 Å². The quantitative estimate of drug-likeness (QED) is 0.798. The summed E-state index contributed by atoms with van der Waals surface area (Å²) in [5, 5.41) is 3.00. The maximum absolute atomic E-state index is 11.5. The number of hydrogen-bond acceptors (Lipinski definition) is 4. The van der Waals surface area contributed by atoms with Gasteiger partial charge in [-0.3, -0.25) is 4.79 Å². The maximum atomic E-state index is 11.5. The van der Waals surface area contributed by atoms with Crippen LogP contribution in [0.4, 0.5) is 0 Å². The third kappa shape index (κ3) is 1.77. The van der Waals surface area contributed by atoms with Gasteiger partial charge in [0.15, 0.2) is 0 Å². The highest BCUT2D eigenvalue weighted by Crippen LogP contribution is 2.28. The first-order valence-corrected chi connectivity index (χ1v) is 5.80. The molecule has 1 atom stereocenters. The molecule has 4 heteroatoms. The Kier molecular flexibility index (Phi) is 2.77. The summed E-state index contributed by atoms with van der Waals surface area (Å²) >= 11 is 1.58. The summed E-state index contributed by atoms with van der Waals surface area (Å²) in [6.07, 6.45) is 2.33. The standard InChI is InChI=1S/C11H12N2OS/c1-3-8(7(2)14)10-9-4-5-15-11(9)13-6-12-10/h4-6,8H,3H2,1-2H3. The van der Waals surface area contributed by atoms with Gasteiger partial charge in [0.25, 0.3) is 0 Å². The predicted octanol–water partition coefficient (Wildman–Crippen LogP) is 2.77. The molecule has 0 radical (unpaired) electrons. The second-order valence-corrected chi connectivity index (χ2v) is 4.36. The van der Waals surface area contributed by atoms with Crippen molar-refractivity contribution in [2.75, 3.05) is 0 Å². The number of rotatable bonds is 3. The molecule has 0 aliphatic carbocycles. The zero-order chi connectivity index (χ0) is 10.8. The number of thiophene rings is 1. The average molecular weight is 220 g/mol. The fourth-order valence-corrected chi connectivity index (χ4v) is 2.50. The Labute approximate surface area is 92.2 Å². The lowest BCUT2D eigenvalue weighted by molar-refractivity contribution is -0.118. The Morgan fingerprint density at radius 3 is 3.00 bits per heavy atom. The number of ketones is 1. The normalized spacial score (nSPS) is 12.9. The lowest BCUT2D eigenvalue weighted by atomic mass is 9.96. The van der Waals surface area contributed by atoms with Crippen LogP contribution >= 0.6 is 11.3 Å². The van der Waals surface area contributed by atoms with E-state index in [0.29, 0.717) is 0 Å². The molecule has 2 aromatic heterocycles. The number of Topliss-reactive ketones (excluding diaryl/α,β-unsaturated/α-hetero) is 1. The van der Waals surface area contributed by atoms with E-state index in [2.05, 4.69) is 9.97 Å². The van der Waals surface area contributed by atoms with Crippen LogP contribution in [-0.4, -0.2) is 15.8 Å². The van der Waals surface area contributed by atoms with Crippen molar-refractivity contribution in [1.82, 2.24) is 9.97 Å². The molecule has 0 N–H and O–H groups in total. The van der Waals surface area contributed by atoms with Gasteiger partial charge in [0.1, 0.15) is 16.9 Å². The highest BCUT2D eigenvalue weighted by molar-refractivity contribution is 7.16. The fourth-order valence-electron chi connectivity index (χ4n) is 1.76. The van der Waals surface area contributed by atoms with Crippen LogP contribution in [0.1, 0.15) is 31.9 Å². The highest BCUT2D eigenvalue weighted by atomic mass is 32.1. The molecule has 0 fully saturated rings. The molecule has 0 aliphatic heterocycles. The van der Waals surface area contributed by atoms with Gasteiger partial charge < -0.3 is 0 Å². The molecule has 2 heterocycles. The molecule has 0 saturated carbocycles. The SMILES string of the molecule is CCC(C(C)=O)c1ncnc2sccc12. The second-order valence-electron chi connectivity index (χ2n) is 3.47. The van der Waals surface area contributed by atoms with Crippen molar-refractivity contribution in [2.45, 2.75) is 26.2 Å². The topological polar surface area (TPSA) is 42.9 Å². The Balaban J connectivity index is 2.59. The third-order valence-corrected chi connectivity index (χ3v) is 3.34. The molecular formula is C11H12N2OS.